The molecule has 1 nitrogen and oxygen atoms in total. The van der Waals surface area contributed by atoms with Gasteiger partial charge in [0.2, 0.25) is 0 Å². The van der Waals surface area contributed by atoms with Crippen LogP contribution in [0.2, 0.25) is 0 Å². The first kappa shape index (κ1) is 10.7. The van der Waals surface area contributed by atoms with Crippen molar-refractivity contribution in [2.45, 2.75) is 12.7 Å². The molecule has 0 amide bonds. The Bertz CT molecular complexity index is 246. The van der Waals surface area contributed by atoms with Crippen LogP contribution in [0.4, 0.5) is 0 Å². The second-order valence-electron chi connectivity index (χ2n) is 2.73. The van der Waals surface area contributed by atoms with Gasteiger partial charge < -0.3 is 4.74 Å². The Morgan fingerprint density at radius 3 is 2.62 bits per heavy atom. The molecule has 0 aliphatic rings. The van der Waals surface area contributed by atoms with Crippen LogP contribution in [-0.2, 0) is 11.3 Å². The summed E-state index contributed by atoms with van der Waals surface area (Å²) in [5.74, 6) is 0. The Labute approximate surface area is 92.9 Å². The predicted octanol–water partition coefficient (Wildman–Crippen LogP) is 3.19. The molecule has 0 unspecified atom stereocenters. The zero-order chi connectivity index (χ0) is 9.52. The highest BCUT2D eigenvalue weighted by molar-refractivity contribution is 14.1. The van der Waals surface area contributed by atoms with E-state index >= 15 is 0 Å². The number of hydrogen-bond acceptors (Lipinski definition) is 1. The average Bonchev–Trinajstić information content (AvgIpc) is 2.21. The van der Waals surface area contributed by atoms with Crippen molar-refractivity contribution >= 4 is 22.6 Å². The van der Waals surface area contributed by atoms with E-state index in [1.807, 2.05) is 24.3 Å². The first-order valence-electron chi connectivity index (χ1n) is 4.21. The summed E-state index contributed by atoms with van der Waals surface area (Å²) in [5, 5.41) is 0. The smallest absolute Gasteiger partial charge is 0.0847 e. The molecular formula is C11H13IO. The van der Waals surface area contributed by atoms with Gasteiger partial charge in [-0.3, -0.25) is 0 Å². The largest absolute Gasteiger partial charge is 0.369 e. The molecular weight excluding hydrogens is 275 g/mol. The summed E-state index contributed by atoms with van der Waals surface area (Å²) >= 11 is 2.30. The fourth-order valence-electron chi connectivity index (χ4n) is 0.953. The van der Waals surface area contributed by atoms with Crippen LogP contribution in [0.25, 0.3) is 0 Å². The van der Waals surface area contributed by atoms with E-state index in [1.165, 1.54) is 5.56 Å². The summed E-state index contributed by atoms with van der Waals surface area (Å²) in [7, 11) is 0. The van der Waals surface area contributed by atoms with Gasteiger partial charge in [0, 0.05) is 4.43 Å². The Morgan fingerprint density at radius 2 is 2.08 bits per heavy atom. The van der Waals surface area contributed by atoms with Gasteiger partial charge in [0.1, 0.15) is 0 Å². The van der Waals surface area contributed by atoms with Gasteiger partial charge in [-0.1, -0.05) is 59.0 Å². The lowest BCUT2D eigenvalue weighted by Crippen LogP contribution is -2.10. The van der Waals surface area contributed by atoms with Crippen molar-refractivity contribution in [2.75, 3.05) is 4.43 Å². The maximum Gasteiger partial charge on any atom is 0.0847 e. The molecule has 0 saturated heterocycles. The first-order chi connectivity index (χ1) is 6.36. The zero-order valence-corrected chi connectivity index (χ0v) is 9.61. The van der Waals surface area contributed by atoms with E-state index in [0.29, 0.717) is 6.61 Å². The number of halogens is 1. The lowest BCUT2D eigenvalue weighted by molar-refractivity contribution is 0.0890. The summed E-state index contributed by atoms with van der Waals surface area (Å²) in [4.78, 5) is 0. The lowest BCUT2D eigenvalue weighted by atomic mass is 10.2. The first-order valence-corrected chi connectivity index (χ1v) is 5.73. The molecule has 0 aliphatic carbocycles. The normalized spacial score (nSPS) is 12.4. The van der Waals surface area contributed by atoms with E-state index in [1.54, 1.807) is 0 Å². The van der Waals surface area contributed by atoms with Crippen LogP contribution in [0.5, 0.6) is 0 Å². The monoisotopic (exact) mass is 288 g/mol. The maximum atomic E-state index is 5.60. The van der Waals surface area contributed by atoms with Crippen molar-refractivity contribution in [1.29, 1.82) is 0 Å². The molecule has 1 rings (SSSR count). The fraction of sp³-hybridized carbons (Fsp3) is 0.273. The Hall–Kier alpha value is -0.350. The quantitative estimate of drug-likeness (QED) is 0.459. The third-order valence-corrected chi connectivity index (χ3v) is 2.59. The number of rotatable bonds is 5. The van der Waals surface area contributed by atoms with Crippen LogP contribution in [0.15, 0.2) is 43.0 Å². The van der Waals surface area contributed by atoms with E-state index in [-0.39, 0.29) is 6.10 Å². The highest BCUT2D eigenvalue weighted by atomic mass is 127. The third-order valence-electron chi connectivity index (χ3n) is 1.72. The zero-order valence-electron chi connectivity index (χ0n) is 7.45. The van der Waals surface area contributed by atoms with Crippen molar-refractivity contribution in [3.63, 3.8) is 0 Å². The van der Waals surface area contributed by atoms with Gasteiger partial charge in [-0.15, -0.1) is 6.58 Å². The number of hydrogen-bond donors (Lipinski definition) is 0. The Kier molecular flexibility index (Phi) is 5.08. The molecule has 0 N–H and O–H groups in total. The van der Waals surface area contributed by atoms with Crippen LogP contribution in [-0.4, -0.2) is 10.5 Å². The summed E-state index contributed by atoms with van der Waals surface area (Å²) in [6.45, 7) is 4.38. The molecule has 1 aromatic rings. The molecule has 0 fully saturated rings. The SMILES string of the molecule is C=C[C@H](CI)OCc1ccccc1. The van der Waals surface area contributed by atoms with Crippen molar-refractivity contribution in [2.24, 2.45) is 0 Å². The summed E-state index contributed by atoms with van der Waals surface area (Å²) in [5.41, 5.74) is 1.21. The van der Waals surface area contributed by atoms with Gasteiger partial charge in [0.15, 0.2) is 0 Å². The Morgan fingerprint density at radius 1 is 1.38 bits per heavy atom. The minimum Gasteiger partial charge on any atom is -0.369 e. The summed E-state index contributed by atoms with van der Waals surface area (Å²) in [6.07, 6.45) is 2.01. The van der Waals surface area contributed by atoms with Crippen LogP contribution in [0.3, 0.4) is 0 Å². The van der Waals surface area contributed by atoms with Crippen LogP contribution >= 0.6 is 22.6 Å². The molecule has 0 bridgehead atoms. The molecule has 0 saturated carbocycles. The van der Waals surface area contributed by atoms with E-state index in [9.17, 15) is 0 Å². The highest BCUT2D eigenvalue weighted by Crippen LogP contribution is 2.05. The topological polar surface area (TPSA) is 9.23 Å². The van der Waals surface area contributed by atoms with Gasteiger partial charge in [0.05, 0.1) is 12.7 Å². The van der Waals surface area contributed by atoms with Gasteiger partial charge >= 0.3 is 0 Å². The predicted molar refractivity (Wildman–Crippen MR) is 64.1 cm³/mol. The van der Waals surface area contributed by atoms with Gasteiger partial charge in [-0.05, 0) is 5.56 Å². The third kappa shape index (κ3) is 3.91. The molecule has 1 atom stereocenters. The van der Waals surface area contributed by atoms with Crippen LogP contribution in [0.1, 0.15) is 5.56 Å². The van der Waals surface area contributed by atoms with E-state index in [2.05, 4.69) is 41.3 Å². The molecule has 70 valence electrons. The second-order valence-corrected chi connectivity index (χ2v) is 3.61. The molecule has 0 heterocycles. The lowest BCUT2D eigenvalue weighted by Gasteiger charge is -2.10. The molecule has 0 spiro atoms. The number of ether oxygens (including phenoxy) is 1. The van der Waals surface area contributed by atoms with Gasteiger partial charge in [-0.2, -0.15) is 0 Å². The minimum atomic E-state index is 0.167. The van der Waals surface area contributed by atoms with Crippen molar-refractivity contribution in [3.8, 4) is 0 Å². The molecule has 2 heteroatoms. The van der Waals surface area contributed by atoms with Crippen molar-refractivity contribution < 1.29 is 4.74 Å². The van der Waals surface area contributed by atoms with Gasteiger partial charge in [0.25, 0.3) is 0 Å². The molecule has 13 heavy (non-hydrogen) atoms. The van der Waals surface area contributed by atoms with Gasteiger partial charge in [-0.25, -0.2) is 0 Å². The standard InChI is InChI=1S/C11H13IO/c1-2-11(8-12)13-9-10-6-4-3-5-7-10/h2-7,11H,1,8-9H2/t11-/m1/s1. The van der Waals surface area contributed by atoms with Crippen LogP contribution < -0.4 is 0 Å². The molecule has 1 aromatic carbocycles. The number of benzene rings is 1. The van der Waals surface area contributed by atoms with Crippen molar-refractivity contribution in [1.82, 2.24) is 0 Å². The van der Waals surface area contributed by atoms with E-state index < -0.39 is 0 Å². The number of alkyl halides is 1. The second kappa shape index (κ2) is 6.16. The molecule has 0 aliphatic heterocycles. The minimum absolute atomic E-state index is 0.167. The summed E-state index contributed by atoms with van der Waals surface area (Å²) < 4.78 is 6.55. The van der Waals surface area contributed by atoms with E-state index in [4.69, 9.17) is 4.74 Å². The van der Waals surface area contributed by atoms with Crippen molar-refractivity contribution in [3.05, 3.63) is 48.6 Å². The van der Waals surface area contributed by atoms with E-state index in [0.717, 1.165) is 4.43 Å². The Balaban J connectivity index is 2.38. The molecule has 0 radical (unpaired) electrons. The fourth-order valence-corrected chi connectivity index (χ4v) is 1.57. The maximum absolute atomic E-state index is 5.60. The van der Waals surface area contributed by atoms with Crippen LogP contribution in [0, 0.1) is 0 Å². The highest BCUT2D eigenvalue weighted by Gasteiger charge is 2.01. The average molecular weight is 288 g/mol. The summed E-state index contributed by atoms with van der Waals surface area (Å²) in [6, 6.07) is 10.2. The molecule has 0 aromatic heterocycles.